The Bertz CT molecular complexity index is 487. The van der Waals surface area contributed by atoms with Gasteiger partial charge in [-0.25, -0.2) is 0 Å². The molecule has 2 nitrogen and oxygen atoms in total. The van der Waals surface area contributed by atoms with Crippen molar-refractivity contribution in [1.82, 2.24) is 5.32 Å². The summed E-state index contributed by atoms with van der Waals surface area (Å²) >= 11 is 0. The van der Waals surface area contributed by atoms with Gasteiger partial charge >= 0.3 is 6.18 Å². The van der Waals surface area contributed by atoms with Crippen LogP contribution in [0.25, 0.3) is 0 Å². The highest BCUT2D eigenvalue weighted by Gasteiger charge is 2.35. The van der Waals surface area contributed by atoms with E-state index in [9.17, 15) is 13.2 Å². The molecule has 1 aromatic rings. The van der Waals surface area contributed by atoms with Crippen molar-refractivity contribution in [3.05, 3.63) is 29.3 Å². The first-order valence-electron chi connectivity index (χ1n) is 7.23. The third-order valence-corrected chi connectivity index (χ3v) is 3.34. The van der Waals surface area contributed by atoms with Crippen LogP contribution >= 0.6 is 0 Å². The molecule has 21 heavy (non-hydrogen) atoms. The first-order chi connectivity index (χ1) is 9.65. The monoisotopic (exact) mass is 301 g/mol. The quantitative estimate of drug-likeness (QED) is 0.871. The molecule has 0 saturated heterocycles. The maximum atomic E-state index is 13.1. The van der Waals surface area contributed by atoms with Crippen LogP contribution in [0.4, 0.5) is 13.2 Å². The van der Waals surface area contributed by atoms with E-state index in [4.69, 9.17) is 4.74 Å². The van der Waals surface area contributed by atoms with Crippen molar-refractivity contribution in [3.8, 4) is 5.75 Å². The lowest BCUT2D eigenvalue weighted by atomic mass is 10.1. The molecule has 0 aliphatic heterocycles. The van der Waals surface area contributed by atoms with E-state index in [1.165, 1.54) is 12.1 Å². The summed E-state index contributed by atoms with van der Waals surface area (Å²) in [7, 11) is 0. The van der Waals surface area contributed by atoms with Gasteiger partial charge < -0.3 is 10.1 Å². The fraction of sp³-hybridized carbons (Fsp3) is 0.625. The predicted molar refractivity (Wildman–Crippen MR) is 76.3 cm³/mol. The molecule has 0 spiro atoms. The number of hydrogen-bond donors (Lipinski definition) is 1. The molecular formula is C16H22F3NO. The Labute approximate surface area is 123 Å². The van der Waals surface area contributed by atoms with Gasteiger partial charge in [-0.15, -0.1) is 0 Å². The van der Waals surface area contributed by atoms with E-state index in [-0.39, 0.29) is 11.3 Å². The molecule has 0 radical (unpaired) electrons. The number of ether oxygens (including phenoxy) is 1. The van der Waals surface area contributed by atoms with Crippen molar-refractivity contribution < 1.29 is 17.9 Å². The second-order valence-electron chi connectivity index (χ2n) is 6.69. The number of nitrogens with one attached hydrogen (secondary N) is 1. The fourth-order valence-electron chi connectivity index (χ4n) is 1.89. The molecule has 1 N–H and O–H groups in total. The normalized spacial score (nSPS) is 16.1. The standard InChI is InChI=1S/C16H22F3NO/c1-15(2,3)20-9-12-6-7-14(21-10-11-4-5-11)13(8-12)16(17,18)19/h6-8,11,20H,4-5,9-10H2,1-3H3. The summed E-state index contributed by atoms with van der Waals surface area (Å²) in [5, 5.41) is 3.19. The van der Waals surface area contributed by atoms with Crippen LogP contribution in [0.5, 0.6) is 5.75 Å². The Balaban J connectivity index is 2.13. The second kappa shape index (κ2) is 5.87. The molecule has 1 saturated carbocycles. The number of alkyl halides is 3. The van der Waals surface area contributed by atoms with Crippen molar-refractivity contribution in [3.63, 3.8) is 0 Å². The van der Waals surface area contributed by atoms with Crippen LogP contribution in [0.1, 0.15) is 44.7 Å². The predicted octanol–water partition coefficient (Wildman–Crippen LogP) is 4.38. The van der Waals surface area contributed by atoms with E-state index in [1.54, 1.807) is 6.07 Å². The van der Waals surface area contributed by atoms with Gasteiger partial charge in [0, 0.05) is 12.1 Å². The maximum absolute atomic E-state index is 13.1. The third kappa shape index (κ3) is 5.23. The summed E-state index contributed by atoms with van der Waals surface area (Å²) in [6, 6.07) is 4.31. The lowest BCUT2D eigenvalue weighted by molar-refractivity contribution is -0.139. The Morgan fingerprint density at radius 1 is 1.19 bits per heavy atom. The highest BCUT2D eigenvalue weighted by molar-refractivity contribution is 5.39. The Morgan fingerprint density at radius 2 is 1.86 bits per heavy atom. The van der Waals surface area contributed by atoms with Crippen LogP contribution in [0, 0.1) is 5.92 Å². The molecule has 1 aromatic carbocycles. The molecule has 0 amide bonds. The van der Waals surface area contributed by atoms with Crippen LogP contribution in [0.15, 0.2) is 18.2 Å². The first-order valence-corrected chi connectivity index (χ1v) is 7.23. The largest absolute Gasteiger partial charge is 0.493 e. The van der Waals surface area contributed by atoms with E-state index >= 15 is 0 Å². The molecule has 0 unspecified atom stereocenters. The molecule has 1 fully saturated rings. The van der Waals surface area contributed by atoms with Crippen molar-refractivity contribution >= 4 is 0 Å². The van der Waals surface area contributed by atoms with Gasteiger partial charge in [-0.1, -0.05) is 6.07 Å². The summed E-state index contributed by atoms with van der Waals surface area (Å²) < 4.78 is 44.8. The van der Waals surface area contributed by atoms with Gasteiger partial charge in [0.1, 0.15) is 5.75 Å². The molecule has 1 aliphatic carbocycles. The van der Waals surface area contributed by atoms with Gasteiger partial charge in [0.05, 0.1) is 12.2 Å². The van der Waals surface area contributed by atoms with Gasteiger partial charge in [-0.05, 0) is 57.2 Å². The van der Waals surface area contributed by atoms with Crippen molar-refractivity contribution in [1.29, 1.82) is 0 Å². The topological polar surface area (TPSA) is 21.3 Å². The zero-order valence-corrected chi connectivity index (χ0v) is 12.7. The lowest BCUT2D eigenvalue weighted by Gasteiger charge is -2.21. The minimum atomic E-state index is -4.39. The smallest absolute Gasteiger partial charge is 0.419 e. The summed E-state index contributed by atoms with van der Waals surface area (Å²) in [6.45, 7) is 6.71. The van der Waals surface area contributed by atoms with Crippen LogP contribution in [-0.2, 0) is 12.7 Å². The molecule has 118 valence electrons. The number of benzene rings is 1. The highest BCUT2D eigenvalue weighted by atomic mass is 19.4. The summed E-state index contributed by atoms with van der Waals surface area (Å²) in [5.41, 5.74) is -0.216. The maximum Gasteiger partial charge on any atom is 0.419 e. The van der Waals surface area contributed by atoms with Crippen LogP contribution < -0.4 is 10.1 Å². The van der Waals surface area contributed by atoms with E-state index in [1.807, 2.05) is 20.8 Å². The molecule has 0 heterocycles. The summed E-state index contributed by atoms with van der Waals surface area (Å²) in [4.78, 5) is 0. The Morgan fingerprint density at radius 3 is 2.38 bits per heavy atom. The average Bonchev–Trinajstić information content (AvgIpc) is 3.16. The van der Waals surface area contributed by atoms with Crippen molar-refractivity contribution in [2.24, 2.45) is 5.92 Å². The minimum absolute atomic E-state index is 0.0612. The average molecular weight is 301 g/mol. The molecule has 1 aliphatic rings. The van der Waals surface area contributed by atoms with E-state index in [0.29, 0.717) is 24.6 Å². The van der Waals surface area contributed by atoms with Gasteiger partial charge in [0.15, 0.2) is 0 Å². The Hall–Kier alpha value is -1.23. The lowest BCUT2D eigenvalue weighted by Crippen LogP contribution is -2.35. The number of rotatable bonds is 5. The van der Waals surface area contributed by atoms with Crippen LogP contribution in [0.2, 0.25) is 0 Å². The first kappa shape index (κ1) is 16.1. The zero-order valence-electron chi connectivity index (χ0n) is 12.7. The fourth-order valence-corrected chi connectivity index (χ4v) is 1.89. The molecule has 0 atom stereocenters. The highest BCUT2D eigenvalue weighted by Crippen LogP contribution is 2.38. The molecule has 2 rings (SSSR count). The number of halogens is 3. The summed E-state index contributed by atoms with van der Waals surface area (Å²) in [6.07, 6.45) is -2.29. The van der Waals surface area contributed by atoms with Gasteiger partial charge in [-0.3, -0.25) is 0 Å². The van der Waals surface area contributed by atoms with E-state index < -0.39 is 11.7 Å². The number of hydrogen-bond acceptors (Lipinski definition) is 2. The van der Waals surface area contributed by atoms with Gasteiger partial charge in [0.25, 0.3) is 0 Å². The van der Waals surface area contributed by atoms with Crippen molar-refractivity contribution in [2.45, 2.75) is 51.9 Å². The molecule has 0 aromatic heterocycles. The summed E-state index contributed by atoms with van der Waals surface area (Å²) in [5.74, 6) is 0.363. The zero-order chi connectivity index (χ0) is 15.7. The van der Waals surface area contributed by atoms with Gasteiger partial charge in [0.2, 0.25) is 0 Å². The molecule has 0 bridgehead atoms. The van der Waals surface area contributed by atoms with E-state index in [2.05, 4.69) is 5.32 Å². The van der Waals surface area contributed by atoms with Crippen LogP contribution in [0.3, 0.4) is 0 Å². The van der Waals surface area contributed by atoms with Gasteiger partial charge in [-0.2, -0.15) is 13.2 Å². The molecular weight excluding hydrogens is 279 g/mol. The third-order valence-electron chi connectivity index (χ3n) is 3.34. The Kier molecular flexibility index (Phi) is 4.51. The SMILES string of the molecule is CC(C)(C)NCc1ccc(OCC2CC2)c(C(F)(F)F)c1. The van der Waals surface area contributed by atoms with E-state index in [0.717, 1.165) is 12.8 Å². The minimum Gasteiger partial charge on any atom is -0.493 e. The molecule has 5 heteroatoms. The van der Waals surface area contributed by atoms with Crippen molar-refractivity contribution in [2.75, 3.05) is 6.61 Å². The van der Waals surface area contributed by atoms with Crippen LogP contribution in [-0.4, -0.2) is 12.1 Å². The second-order valence-corrected chi connectivity index (χ2v) is 6.69.